The Labute approximate surface area is 78.8 Å². The zero-order valence-corrected chi connectivity index (χ0v) is 8.50. The van der Waals surface area contributed by atoms with E-state index in [1.165, 1.54) is 0 Å². The highest BCUT2D eigenvalue weighted by atomic mass is 16.1. The fourth-order valence-electron chi connectivity index (χ4n) is 1.34. The van der Waals surface area contributed by atoms with Crippen molar-refractivity contribution in [3.05, 3.63) is 17.5 Å². The van der Waals surface area contributed by atoms with Crippen molar-refractivity contribution in [1.82, 2.24) is 9.78 Å². The second-order valence-corrected chi connectivity index (χ2v) is 3.16. The summed E-state index contributed by atoms with van der Waals surface area (Å²) in [6.45, 7) is 6.71. The maximum Gasteiger partial charge on any atom is 0.138 e. The Balaban J connectivity index is 2.80. The number of carbonyl (C=O) groups excluding carboxylic acids is 1. The Morgan fingerprint density at radius 2 is 2.23 bits per heavy atom. The molecule has 0 spiro atoms. The van der Waals surface area contributed by atoms with Crippen LogP contribution in [-0.2, 0) is 17.8 Å². The highest BCUT2D eigenvalue weighted by Crippen LogP contribution is 2.05. The van der Waals surface area contributed by atoms with Crippen molar-refractivity contribution < 1.29 is 4.79 Å². The molecule has 0 aliphatic carbocycles. The standard InChI is InChI=1S/C10H16N2O/c1-4-10(13)7-9-6-8(3)11-12(9)5-2/h6H,4-5,7H2,1-3H3. The number of aromatic nitrogens is 2. The summed E-state index contributed by atoms with van der Waals surface area (Å²) < 4.78 is 1.89. The minimum atomic E-state index is 0.273. The van der Waals surface area contributed by atoms with Gasteiger partial charge in [0, 0.05) is 25.1 Å². The maximum atomic E-state index is 11.2. The quantitative estimate of drug-likeness (QED) is 0.707. The Bertz CT molecular complexity index is 302. The minimum Gasteiger partial charge on any atom is -0.299 e. The first-order valence-electron chi connectivity index (χ1n) is 4.72. The molecule has 1 aromatic heterocycles. The zero-order chi connectivity index (χ0) is 9.84. The van der Waals surface area contributed by atoms with E-state index in [4.69, 9.17) is 0 Å². The number of aryl methyl sites for hydroxylation is 2. The van der Waals surface area contributed by atoms with E-state index < -0.39 is 0 Å². The van der Waals surface area contributed by atoms with E-state index in [9.17, 15) is 4.79 Å². The Morgan fingerprint density at radius 3 is 2.77 bits per heavy atom. The Hall–Kier alpha value is -1.12. The van der Waals surface area contributed by atoms with Gasteiger partial charge in [0.05, 0.1) is 5.69 Å². The van der Waals surface area contributed by atoms with Crippen molar-refractivity contribution in [3.8, 4) is 0 Å². The molecule has 0 atom stereocenters. The van der Waals surface area contributed by atoms with Crippen LogP contribution in [-0.4, -0.2) is 15.6 Å². The molecule has 0 aromatic carbocycles. The van der Waals surface area contributed by atoms with Gasteiger partial charge in [0.15, 0.2) is 0 Å². The highest BCUT2D eigenvalue weighted by Gasteiger charge is 2.07. The molecule has 0 amide bonds. The first-order valence-corrected chi connectivity index (χ1v) is 4.72. The van der Waals surface area contributed by atoms with E-state index in [1.54, 1.807) is 0 Å². The third-order valence-electron chi connectivity index (χ3n) is 2.06. The summed E-state index contributed by atoms with van der Waals surface area (Å²) in [5.41, 5.74) is 2.02. The lowest BCUT2D eigenvalue weighted by Crippen LogP contribution is -2.08. The number of Topliss-reactive ketones (excluding diaryl/α,β-unsaturated/α-hetero) is 1. The lowest BCUT2D eigenvalue weighted by atomic mass is 10.2. The number of rotatable bonds is 4. The van der Waals surface area contributed by atoms with Crippen LogP contribution in [0.25, 0.3) is 0 Å². The van der Waals surface area contributed by atoms with Crippen LogP contribution in [0.3, 0.4) is 0 Å². The van der Waals surface area contributed by atoms with Gasteiger partial charge in [-0.05, 0) is 19.9 Å². The highest BCUT2D eigenvalue weighted by molar-refractivity contribution is 5.80. The Morgan fingerprint density at radius 1 is 1.54 bits per heavy atom. The van der Waals surface area contributed by atoms with E-state index >= 15 is 0 Å². The summed E-state index contributed by atoms with van der Waals surface area (Å²) in [6, 6.07) is 1.98. The number of hydrogen-bond donors (Lipinski definition) is 0. The van der Waals surface area contributed by atoms with Crippen LogP contribution in [0.1, 0.15) is 31.7 Å². The monoisotopic (exact) mass is 180 g/mol. The van der Waals surface area contributed by atoms with E-state index in [0.717, 1.165) is 17.9 Å². The van der Waals surface area contributed by atoms with Gasteiger partial charge in [-0.25, -0.2) is 0 Å². The molecule has 0 saturated heterocycles. The maximum absolute atomic E-state index is 11.2. The van der Waals surface area contributed by atoms with Crippen LogP contribution in [0.15, 0.2) is 6.07 Å². The summed E-state index contributed by atoms with van der Waals surface area (Å²) >= 11 is 0. The van der Waals surface area contributed by atoms with Crippen molar-refractivity contribution in [3.63, 3.8) is 0 Å². The van der Waals surface area contributed by atoms with Crippen LogP contribution in [0.4, 0.5) is 0 Å². The van der Waals surface area contributed by atoms with Crippen LogP contribution in [0, 0.1) is 6.92 Å². The molecule has 1 heterocycles. The first kappa shape index (κ1) is 9.96. The van der Waals surface area contributed by atoms with Crippen LogP contribution in [0.5, 0.6) is 0 Å². The van der Waals surface area contributed by atoms with Gasteiger partial charge < -0.3 is 0 Å². The van der Waals surface area contributed by atoms with Crippen LogP contribution >= 0.6 is 0 Å². The summed E-state index contributed by atoms with van der Waals surface area (Å²) in [5.74, 6) is 0.273. The largest absolute Gasteiger partial charge is 0.299 e. The van der Waals surface area contributed by atoms with Gasteiger partial charge in [-0.15, -0.1) is 0 Å². The van der Waals surface area contributed by atoms with Crippen LogP contribution in [0.2, 0.25) is 0 Å². The molecule has 0 aliphatic heterocycles. The predicted octanol–water partition coefficient (Wildman–Crippen LogP) is 1.73. The molecule has 0 aliphatic rings. The van der Waals surface area contributed by atoms with Crippen molar-refractivity contribution in [2.24, 2.45) is 0 Å². The average Bonchev–Trinajstić information content (AvgIpc) is 2.46. The van der Waals surface area contributed by atoms with Crippen molar-refractivity contribution >= 4 is 5.78 Å². The lowest BCUT2D eigenvalue weighted by molar-refractivity contribution is -0.118. The molecule has 1 rings (SSSR count). The van der Waals surface area contributed by atoms with Gasteiger partial charge in [-0.1, -0.05) is 6.92 Å². The summed E-state index contributed by atoms with van der Waals surface area (Å²) in [5, 5.41) is 4.28. The van der Waals surface area contributed by atoms with Crippen LogP contribution < -0.4 is 0 Å². The molecule has 0 saturated carbocycles. The molecule has 1 aromatic rings. The fourth-order valence-corrected chi connectivity index (χ4v) is 1.34. The van der Waals surface area contributed by atoms with Gasteiger partial charge >= 0.3 is 0 Å². The Kier molecular flexibility index (Phi) is 3.23. The molecule has 0 bridgehead atoms. The SMILES string of the molecule is CCC(=O)Cc1cc(C)nn1CC. The molecule has 0 N–H and O–H groups in total. The van der Waals surface area contributed by atoms with Crippen molar-refractivity contribution in [2.75, 3.05) is 0 Å². The predicted molar refractivity (Wildman–Crippen MR) is 51.6 cm³/mol. The average molecular weight is 180 g/mol. The lowest BCUT2D eigenvalue weighted by Gasteiger charge is -2.01. The van der Waals surface area contributed by atoms with E-state index in [-0.39, 0.29) is 5.78 Å². The summed E-state index contributed by atoms with van der Waals surface area (Å²) in [6.07, 6.45) is 1.12. The second kappa shape index (κ2) is 4.21. The van der Waals surface area contributed by atoms with Gasteiger partial charge in [-0.2, -0.15) is 5.10 Å². The van der Waals surface area contributed by atoms with Gasteiger partial charge in [0.25, 0.3) is 0 Å². The van der Waals surface area contributed by atoms with E-state index in [2.05, 4.69) is 5.10 Å². The zero-order valence-electron chi connectivity index (χ0n) is 8.50. The summed E-state index contributed by atoms with van der Waals surface area (Å²) in [4.78, 5) is 11.2. The molecule has 3 heteroatoms. The van der Waals surface area contributed by atoms with Crippen molar-refractivity contribution in [1.29, 1.82) is 0 Å². The first-order chi connectivity index (χ1) is 6.17. The normalized spacial score (nSPS) is 10.4. The third-order valence-corrected chi connectivity index (χ3v) is 2.06. The smallest absolute Gasteiger partial charge is 0.138 e. The number of hydrogen-bond acceptors (Lipinski definition) is 2. The molecule has 0 radical (unpaired) electrons. The molecular weight excluding hydrogens is 164 g/mol. The molecule has 13 heavy (non-hydrogen) atoms. The summed E-state index contributed by atoms with van der Waals surface area (Å²) in [7, 11) is 0. The topological polar surface area (TPSA) is 34.9 Å². The molecule has 0 unspecified atom stereocenters. The minimum absolute atomic E-state index is 0.273. The molecule has 0 fully saturated rings. The molecular formula is C10H16N2O. The number of nitrogens with zero attached hydrogens (tertiary/aromatic N) is 2. The molecule has 3 nitrogen and oxygen atoms in total. The third kappa shape index (κ3) is 2.41. The van der Waals surface area contributed by atoms with Gasteiger partial charge in [-0.3, -0.25) is 9.48 Å². The van der Waals surface area contributed by atoms with Gasteiger partial charge in [0.1, 0.15) is 5.78 Å². The fraction of sp³-hybridized carbons (Fsp3) is 0.600. The van der Waals surface area contributed by atoms with E-state index in [0.29, 0.717) is 12.8 Å². The van der Waals surface area contributed by atoms with Crippen molar-refractivity contribution in [2.45, 2.75) is 40.2 Å². The number of ketones is 1. The molecule has 72 valence electrons. The number of carbonyl (C=O) groups is 1. The van der Waals surface area contributed by atoms with E-state index in [1.807, 2.05) is 31.5 Å². The second-order valence-electron chi connectivity index (χ2n) is 3.16. The van der Waals surface area contributed by atoms with Gasteiger partial charge in [0.2, 0.25) is 0 Å².